The number of aliphatic hydroxyl groups is 3. The second kappa shape index (κ2) is 21.1. The minimum absolute atomic E-state index is 0.0754. The predicted molar refractivity (Wildman–Crippen MR) is 198 cm³/mol. The molecule has 3 N–H and O–H groups in total. The van der Waals surface area contributed by atoms with Crippen molar-refractivity contribution in [2.24, 2.45) is 22.9 Å². The van der Waals surface area contributed by atoms with Gasteiger partial charge in [0.25, 0.3) is 0 Å². The Labute approximate surface area is 308 Å². The number of ether oxygens (including phenoxy) is 5. The van der Waals surface area contributed by atoms with Crippen LogP contribution in [0.4, 0.5) is 4.79 Å². The standard InChI is InChI=1S/C40H58N2O10/c1-5-8-23-50-39(46)42(17-24-48-25-20-45)36-28-34(41-47-4)32-26-29(13-9-11-18-43)31(14-10-12-19-44)37-33-27-30(49-21-6-2)15-16-35(33)52-40(36,38(32)37)51-22-7-3/h5-7,15-16,26-27,29,31,36-38,43-45H,1-3,8-14,17-25,28H2,4H3/t29-,31+,36-,37+,38+,40+/m0/s1. The lowest BCUT2D eigenvalue weighted by Gasteiger charge is -2.59. The highest BCUT2D eigenvalue weighted by molar-refractivity contribution is 6.02. The first-order valence-electron chi connectivity index (χ1n) is 18.5. The summed E-state index contributed by atoms with van der Waals surface area (Å²) in [6.07, 6.45) is 12.1. The number of oxime groups is 1. The Bertz CT molecular complexity index is 1380. The van der Waals surface area contributed by atoms with Gasteiger partial charge in [-0.3, -0.25) is 4.90 Å². The highest BCUT2D eigenvalue weighted by Crippen LogP contribution is 2.61. The third kappa shape index (κ3) is 9.64. The maximum absolute atomic E-state index is 14.1. The van der Waals surface area contributed by atoms with E-state index in [2.05, 4.69) is 31.0 Å². The molecule has 1 fully saturated rings. The first-order valence-corrected chi connectivity index (χ1v) is 18.5. The molecule has 52 heavy (non-hydrogen) atoms. The molecular formula is C40H58N2O10. The quantitative estimate of drug-likeness (QED) is 0.0705. The molecule has 1 aromatic carbocycles. The van der Waals surface area contributed by atoms with E-state index in [-0.39, 0.29) is 77.0 Å². The van der Waals surface area contributed by atoms with E-state index in [4.69, 9.17) is 28.5 Å². The molecule has 288 valence electrons. The van der Waals surface area contributed by atoms with Crippen molar-refractivity contribution in [2.45, 2.75) is 69.1 Å². The molecule has 0 bridgehead atoms. The number of hydrogen-bond acceptors (Lipinski definition) is 11. The van der Waals surface area contributed by atoms with E-state index in [0.29, 0.717) is 43.1 Å². The number of allylic oxidation sites excluding steroid dienone is 1. The minimum atomic E-state index is -1.42. The number of unbranched alkanes of at least 4 members (excludes halogenated alkanes) is 2. The number of fused-ring (bicyclic) bond motifs is 2. The first-order chi connectivity index (χ1) is 25.4. The van der Waals surface area contributed by atoms with E-state index in [9.17, 15) is 20.1 Å². The predicted octanol–water partition coefficient (Wildman–Crippen LogP) is 5.54. The number of aliphatic hydroxyl groups excluding tert-OH is 3. The third-order valence-corrected chi connectivity index (χ3v) is 10.1. The van der Waals surface area contributed by atoms with Gasteiger partial charge in [-0.2, -0.15) is 0 Å². The van der Waals surface area contributed by atoms with Gasteiger partial charge in [0.15, 0.2) is 0 Å². The number of nitrogens with zero attached hydrogens (tertiary/aromatic N) is 2. The molecule has 2 aliphatic carbocycles. The second-order valence-corrected chi connectivity index (χ2v) is 13.3. The summed E-state index contributed by atoms with van der Waals surface area (Å²) in [6, 6.07) is 5.05. The normalized spacial score (nSPS) is 25.2. The molecule has 1 amide bonds. The van der Waals surface area contributed by atoms with Gasteiger partial charge < -0.3 is 43.8 Å². The van der Waals surface area contributed by atoms with E-state index in [1.807, 2.05) is 18.2 Å². The average molecular weight is 727 g/mol. The van der Waals surface area contributed by atoms with Crippen molar-refractivity contribution in [3.63, 3.8) is 0 Å². The summed E-state index contributed by atoms with van der Waals surface area (Å²) in [7, 11) is 1.51. The molecule has 12 nitrogen and oxygen atoms in total. The molecule has 1 aromatic rings. The number of amides is 1. The lowest BCUT2D eigenvalue weighted by Crippen LogP contribution is -2.70. The minimum Gasteiger partial charge on any atom is -0.490 e. The Kier molecular flexibility index (Phi) is 16.7. The van der Waals surface area contributed by atoms with Gasteiger partial charge in [-0.1, -0.05) is 48.9 Å². The number of benzene rings is 1. The zero-order chi connectivity index (χ0) is 37.3. The van der Waals surface area contributed by atoms with Gasteiger partial charge in [0.1, 0.15) is 31.3 Å². The van der Waals surface area contributed by atoms with Crippen molar-refractivity contribution < 1.29 is 48.6 Å². The largest absolute Gasteiger partial charge is 0.490 e. The van der Waals surface area contributed by atoms with Crippen LogP contribution in [0.15, 0.2) is 73.0 Å². The van der Waals surface area contributed by atoms with Crippen LogP contribution >= 0.6 is 0 Å². The smallest absolute Gasteiger partial charge is 0.410 e. The van der Waals surface area contributed by atoms with E-state index in [1.54, 1.807) is 23.1 Å². The van der Waals surface area contributed by atoms with Crippen LogP contribution in [0.2, 0.25) is 0 Å². The Morgan fingerprint density at radius 1 is 1.00 bits per heavy atom. The van der Waals surface area contributed by atoms with Gasteiger partial charge in [0, 0.05) is 37.7 Å². The van der Waals surface area contributed by atoms with Crippen molar-refractivity contribution in [2.75, 3.05) is 66.5 Å². The summed E-state index contributed by atoms with van der Waals surface area (Å²) in [4.78, 5) is 21.2. The van der Waals surface area contributed by atoms with Crippen LogP contribution in [0, 0.1) is 17.8 Å². The molecule has 12 heteroatoms. The fourth-order valence-electron chi connectivity index (χ4n) is 8.02. The molecule has 0 spiro atoms. The first kappa shape index (κ1) is 41.1. The molecule has 1 heterocycles. The van der Waals surface area contributed by atoms with E-state index in [1.165, 1.54) is 7.11 Å². The summed E-state index contributed by atoms with van der Waals surface area (Å²) in [5.41, 5.74) is 2.56. The monoisotopic (exact) mass is 726 g/mol. The average Bonchev–Trinajstić information content (AvgIpc) is 3.15. The van der Waals surface area contributed by atoms with Crippen LogP contribution in [0.25, 0.3) is 0 Å². The van der Waals surface area contributed by atoms with Crippen LogP contribution in [0.3, 0.4) is 0 Å². The molecule has 0 radical (unpaired) electrons. The van der Waals surface area contributed by atoms with Crippen LogP contribution in [0.5, 0.6) is 11.5 Å². The molecule has 6 atom stereocenters. The van der Waals surface area contributed by atoms with Gasteiger partial charge in [-0.25, -0.2) is 4.79 Å². The molecule has 3 aliphatic rings. The van der Waals surface area contributed by atoms with Crippen molar-refractivity contribution in [3.05, 3.63) is 73.4 Å². The zero-order valence-electron chi connectivity index (χ0n) is 30.7. The van der Waals surface area contributed by atoms with Crippen molar-refractivity contribution >= 4 is 11.8 Å². The van der Waals surface area contributed by atoms with E-state index in [0.717, 1.165) is 36.8 Å². The van der Waals surface area contributed by atoms with Crippen LogP contribution in [-0.4, -0.2) is 110 Å². The fourth-order valence-corrected chi connectivity index (χ4v) is 8.02. The van der Waals surface area contributed by atoms with Gasteiger partial charge in [-0.15, -0.1) is 13.2 Å². The molecule has 4 rings (SSSR count). The number of carbonyl (C=O) groups excluding carboxylic acids is 1. The maximum Gasteiger partial charge on any atom is 0.410 e. The number of rotatable bonds is 24. The molecule has 1 saturated carbocycles. The molecule has 0 aromatic heterocycles. The number of carbonyl (C=O) groups is 1. The molecule has 0 saturated heterocycles. The number of hydrogen-bond donors (Lipinski definition) is 3. The van der Waals surface area contributed by atoms with E-state index < -0.39 is 23.8 Å². The summed E-state index contributed by atoms with van der Waals surface area (Å²) in [6.45, 7) is 12.6. The van der Waals surface area contributed by atoms with Crippen LogP contribution in [-0.2, 0) is 19.0 Å². The Hall–Kier alpha value is -3.68. The van der Waals surface area contributed by atoms with Crippen molar-refractivity contribution in [3.8, 4) is 11.5 Å². The van der Waals surface area contributed by atoms with Gasteiger partial charge in [0.2, 0.25) is 5.79 Å². The highest BCUT2D eigenvalue weighted by Gasteiger charge is 2.65. The van der Waals surface area contributed by atoms with Crippen molar-refractivity contribution in [1.82, 2.24) is 4.90 Å². The third-order valence-electron chi connectivity index (χ3n) is 10.1. The Balaban J connectivity index is 1.99. The summed E-state index contributed by atoms with van der Waals surface area (Å²) >= 11 is 0. The summed E-state index contributed by atoms with van der Waals surface area (Å²) in [5.74, 6) is -0.597. The Morgan fingerprint density at radius 3 is 2.46 bits per heavy atom. The SMILES string of the molecule is C=CCCOC(=O)N(CCOCCO)[C@H]1CC(=NOC)C2=C[C@H](CCCCO)[C@@H](CCCCO)[C@@H]3c4cc(OCC=C)ccc4O[C@@]1(OCC=C)[C@H]23. The van der Waals surface area contributed by atoms with Crippen LogP contribution in [0.1, 0.15) is 62.8 Å². The second-order valence-electron chi connectivity index (χ2n) is 13.3. The van der Waals surface area contributed by atoms with Crippen LogP contribution < -0.4 is 9.47 Å². The van der Waals surface area contributed by atoms with Gasteiger partial charge >= 0.3 is 6.09 Å². The van der Waals surface area contributed by atoms with E-state index >= 15 is 0 Å². The zero-order valence-corrected chi connectivity index (χ0v) is 30.7. The Morgan fingerprint density at radius 2 is 1.77 bits per heavy atom. The molecular weight excluding hydrogens is 668 g/mol. The van der Waals surface area contributed by atoms with Crippen molar-refractivity contribution in [1.29, 1.82) is 0 Å². The topological polar surface area (TPSA) is 149 Å². The lowest BCUT2D eigenvalue weighted by molar-refractivity contribution is -0.256. The molecule has 1 aliphatic heterocycles. The lowest BCUT2D eigenvalue weighted by atomic mass is 9.55. The fraction of sp³-hybridized carbons (Fsp3) is 0.600. The summed E-state index contributed by atoms with van der Waals surface area (Å²) in [5, 5.41) is 33.5. The summed E-state index contributed by atoms with van der Waals surface area (Å²) < 4.78 is 31.5. The van der Waals surface area contributed by atoms with Gasteiger partial charge in [-0.05, 0) is 67.7 Å². The highest BCUT2D eigenvalue weighted by atomic mass is 16.7. The van der Waals surface area contributed by atoms with Gasteiger partial charge in [0.05, 0.1) is 44.7 Å². The molecule has 0 unspecified atom stereocenters. The maximum atomic E-state index is 14.1.